The van der Waals surface area contributed by atoms with Crippen molar-refractivity contribution in [2.24, 2.45) is 0 Å². The second kappa shape index (κ2) is 5.44. The van der Waals surface area contributed by atoms with Crippen molar-refractivity contribution in [1.82, 2.24) is 9.78 Å². The summed E-state index contributed by atoms with van der Waals surface area (Å²) in [5.74, 6) is 0.898. The lowest BCUT2D eigenvalue weighted by atomic mass is 10.2. The SMILES string of the molecule is CCn1nc(C)c(N)c1NCc1cccc(Br)c1. The lowest BCUT2D eigenvalue weighted by Crippen LogP contribution is -2.08. The lowest BCUT2D eigenvalue weighted by Gasteiger charge is -2.09. The van der Waals surface area contributed by atoms with E-state index >= 15 is 0 Å². The van der Waals surface area contributed by atoms with E-state index in [2.05, 4.69) is 45.4 Å². The van der Waals surface area contributed by atoms with Gasteiger partial charge >= 0.3 is 0 Å². The van der Waals surface area contributed by atoms with Crippen LogP contribution in [0.25, 0.3) is 0 Å². The Morgan fingerprint density at radius 2 is 2.22 bits per heavy atom. The Morgan fingerprint density at radius 1 is 1.44 bits per heavy atom. The molecule has 1 aromatic carbocycles. The topological polar surface area (TPSA) is 55.9 Å². The number of nitrogens with zero attached hydrogens (tertiary/aromatic N) is 2. The van der Waals surface area contributed by atoms with Crippen molar-refractivity contribution in [1.29, 1.82) is 0 Å². The first-order valence-electron chi connectivity index (χ1n) is 5.93. The third kappa shape index (κ3) is 2.67. The van der Waals surface area contributed by atoms with Gasteiger partial charge in [-0.3, -0.25) is 0 Å². The van der Waals surface area contributed by atoms with E-state index in [1.807, 2.05) is 23.7 Å². The van der Waals surface area contributed by atoms with Crippen molar-refractivity contribution in [2.75, 3.05) is 11.1 Å². The summed E-state index contributed by atoms with van der Waals surface area (Å²) in [4.78, 5) is 0. The van der Waals surface area contributed by atoms with Crippen LogP contribution in [0.5, 0.6) is 0 Å². The predicted octanol–water partition coefficient (Wildman–Crippen LogP) is 3.17. The molecule has 2 aromatic rings. The van der Waals surface area contributed by atoms with Crippen LogP contribution in [0.1, 0.15) is 18.2 Å². The van der Waals surface area contributed by atoms with Gasteiger partial charge in [0.15, 0.2) is 0 Å². The number of aryl methyl sites for hydroxylation is 2. The third-order valence-corrected chi connectivity index (χ3v) is 3.32. The van der Waals surface area contributed by atoms with Gasteiger partial charge in [0.2, 0.25) is 0 Å². The van der Waals surface area contributed by atoms with Gasteiger partial charge in [-0.05, 0) is 31.5 Å². The molecule has 0 aliphatic carbocycles. The summed E-state index contributed by atoms with van der Waals surface area (Å²) >= 11 is 3.47. The number of benzene rings is 1. The maximum atomic E-state index is 6.02. The fraction of sp³-hybridized carbons (Fsp3) is 0.308. The molecule has 0 bridgehead atoms. The molecule has 0 atom stereocenters. The van der Waals surface area contributed by atoms with E-state index in [1.54, 1.807) is 0 Å². The Kier molecular flexibility index (Phi) is 3.91. The average molecular weight is 309 g/mol. The first-order chi connectivity index (χ1) is 8.61. The van der Waals surface area contributed by atoms with Crippen LogP contribution in [0.4, 0.5) is 11.5 Å². The van der Waals surface area contributed by atoms with E-state index < -0.39 is 0 Å². The number of rotatable bonds is 4. The minimum atomic E-state index is 0.729. The Balaban J connectivity index is 2.15. The quantitative estimate of drug-likeness (QED) is 0.912. The van der Waals surface area contributed by atoms with E-state index in [0.29, 0.717) is 0 Å². The van der Waals surface area contributed by atoms with Gasteiger partial charge in [-0.25, -0.2) is 4.68 Å². The van der Waals surface area contributed by atoms with Crippen LogP contribution in [0, 0.1) is 6.92 Å². The van der Waals surface area contributed by atoms with E-state index in [4.69, 9.17) is 5.73 Å². The molecule has 3 N–H and O–H groups in total. The van der Waals surface area contributed by atoms with Crippen molar-refractivity contribution in [2.45, 2.75) is 26.9 Å². The van der Waals surface area contributed by atoms with Crippen molar-refractivity contribution in [3.8, 4) is 0 Å². The fourth-order valence-corrected chi connectivity index (χ4v) is 2.29. The molecule has 0 aliphatic rings. The molecule has 0 saturated heterocycles. The van der Waals surface area contributed by atoms with Crippen LogP contribution in [0.15, 0.2) is 28.7 Å². The van der Waals surface area contributed by atoms with Crippen LogP contribution < -0.4 is 11.1 Å². The summed E-state index contributed by atoms with van der Waals surface area (Å²) < 4.78 is 2.97. The first-order valence-corrected chi connectivity index (χ1v) is 6.72. The van der Waals surface area contributed by atoms with Gasteiger partial charge in [-0.1, -0.05) is 28.1 Å². The van der Waals surface area contributed by atoms with E-state index in [9.17, 15) is 0 Å². The molecule has 0 aliphatic heterocycles. The number of hydrogen-bond donors (Lipinski definition) is 2. The van der Waals surface area contributed by atoms with Crippen LogP contribution in [-0.4, -0.2) is 9.78 Å². The minimum Gasteiger partial charge on any atom is -0.394 e. The van der Waals surface area contributed by atoms with Crippen molar-refractivity contribution >= 4 is 27.4 Å². The molecule has 1 aromatic heterocycles. The molecule has 1 heterocycles. The molecule has 4 nitrogen and oxygen atoms in total. The Labute approximate surface area is 115 Å². The molecule has 0 spiro atoms. The predicted molar refractivity (Wildman–Crippen MR) is 78.5 cm³/mol. The molecule has 2 rings (SSSR count). The van der Waals surface area contributed by atoms with Gasteiger partial charge in [0.1, 0.15) is 5.82 Å². The fourth-order valence-electron chi connectivity index (χ4n) is 1.84. The average Bonchev–Trinajstić information content (AvgIpc) is 2.63. The number of aromatic nitrogens is 2. The highest BCUT2D eigenvalue weighted by Crippen LogP contribution is 2.23. The maximum absolute atomic E-state index is 6.02. The second-order valence-electron chi connectivity index (χ2n) is 4.15. The zero-order valence-electron chi connectivity index (χ0n) is 10.6. The summed E-state index contributed by atoms with van der Waals surface area (Å²) in [6, 6.07) is 8.20. The summed E-state index contributed by atoms with van der Waals surface area (Å²) in [5, 5.41) is 7.73. The molecule has 96 valence electrons. The lowest BCUT2D eigenvalue weighted by molar-refractivity contribution is 0.657. The Bertz CT molecular complexity index is 548. The highest BCUT2D eigenvalue weighted by Gasteiger charge is 2.10. The van der Waals surface area contributed by atoms with Gasteiger partial charge in [0, 0.05) is 17.6 Å². The van der Waals surface area contributed by atoms with E-state index in [0.717, 1.165) is 34.8 Å². The van der Waals surface area contributed by atoms with Gasteiger partial charge < -0.3 is 11.1 Å². The van der Waals surface area contributed by atoms with Gasteiger partial charge in [-0.2, -0.15) is 5.10 Å². The van der Waals surface area contributed by atoms with Crippen molar-refractivity contribution in [3.05, 3.63) is 40.0 Å². The smallest absolute Gasteiger partial charge is 0.148 e. The van der Waals surface area contributed by atoms with Crippen molar-refractivity contribution < 1.29 is 0 Å². The minimum absolute atomic E-state index is 0.729. The molecular weight excluding hydrogens is 292 g/mol. The number of halogens is 1. The summed E-state index contributed by atoms with van der Waals surface area (Å²) in [6.07, 6.45) is 0. The summed E-state index contributed by atoms with van der Waals surface area (Å²) in [7, 11) is 0. The second-order valence-corrected chi connectivity index (χ2v) is 5.06. The number of nitrogens with two attached hydrogens (primary N) is 1. The molecule has 18 heavy (non-hydrogen) atoms. The van der Waals surface area contributed by atoms with Gasteiger partial charge in [0.05, 0.1) is 11.4 Å². The van der Waals surface area contributed by atoms with E-state index in [1.165, 1.54) is 5.56 Å². The number of anilines is 2. The molecule has 0 unspecified atom stereocenters. The molecule has 0 fully saturated rings. The summed E-state index contributed by atoms with van der Waals surface area (Å²) in [5.41, 5.74) is 8.81. The zero-order valence-corrected chi connectivity index (χ0v) is 12.2. The van der Waals surface area contributed by atoms with Gasteiger partial charge in [0.25, 0.3) is 0 Å². The van der Waals surface area contributed by atoms with Crippen LogP contribution in [-0.2, 0) is 13.1 Å². The third-order valence-electron chi connectivity index (χ3n) is 2.82. The summed E-state index contributed by atoms with van der Waals surface area (Å²) in [6.45, 7) is 5.51. The first kappa shape index (κ1) is 13.0. The molecule has 0 saturated carbocycles. The Morgan fingerprint density at radius 3 is 2.89 bits per heavy atom. The number of hydrogen-bond acceptors (Lipinski definition) is 3. The molecule has 5 heteroatoms. The Hall–Kier alpha value is -1.49. The largest absolute Gasteiger partial charge is 0.394 e. The molecular formula is C13H17BrN4. The van der Waals surface area contributed by atoms with Crippen LogP contribution in [0.2, 0.25) is 0 Å². The number of nitrogen functional groups attached to an aromatic ring is 1. The van der Waals surface area contributed by atoms with Crippen LogP contribution >= 0.6 is 15.9 Å². The normalized spacial score (nSPS) is 10.6. The maximum Gasteiger partial charge on any atom is 0.148 e. The standard InChI is InChI=1S/C13H17BrN4/c1-3-18-13(12(15)9(2)17-18)16-8-10-5-4-6-11(14)7-10/h4-7,16H,3,8,15H2,1-2H3. The van der Waals surface area contributed by atoms with Gasteiger partial charge in [-0.15, -0.1) is 0 Å². The number of nitrogens with one attached hydrogen (secondary N) is 1. The highest BCUT2D eigenvalue weighted by atomic mass is 79.9. The van der Waals surface area contributed by atoms with Crippen molar-refractivity contribution in [3.63, 3.8) is 0 Å². The molecule has 0 amide bonds. The molecule has 0 radical (unpaired) electrons. The van der Waals surface area contributed by atoms with Crippen LogP contribution in [0.3, 0.4) is 0 Å². The highest BCUT2D eigenvalue weighted by molar-refractivity contribution is 9.10. The van der Waals surface area contributed by atoms with E-state index in [-0.39, 0.29) is 0 Å². The monoisotopic (exact) mass is 308 g/mol. The zero-order chi connectivity index (χ0) is 13.1.